The Morgan fingerprint density at radius 1 is 1.06 bits per heavy atom. The highest BCUT2D eigenvalue weighted by Gasteiger charge is 2.73. The second kappa shape index (κ2) is 4.62. The Morgan fingerprint density at radius 2 is 1.44 bits per heavy atom. The molecule has 1 unspecified atom stereocenters. The molecule has 9 heteroatoms. The van der Waals surface area contributed by atoms with Gasteiger partial charge in [0.2, 0.25) is 5.78 Å². The van der Waals surface area contributed by atoms with Gasteiger partial charge in [-0.2, -0.15) is 22.0 Å². The third-order valence-electron chi connectivity index (χ3n) is 2.51. The monoisotopic (exact) mass is 275 g/mol. The third kappa shape index (κ3) is 2.21. The number of aliphatic carboxylic acids is 1. The van der Waals surface area contributed by atoms with Gasteiger partial charge in [0.1, 0.15) is 5.97 Å². The van der Waals surface area contributed by atoms with E-state index < -0.39 is 41.5 Å². The van der Waals surface area contributed by atoms with Crippen LogP contribution in [-0.4, -0.2) is 29.6 Å². The van der Waals surface area contributed by atoms with Gasteiger partial charge < -0.3 is 9.90 Å². The van der Waals surface area contributed by atoms with Gasteiger partial charge in [-0.3, -0.25) is 9.59 Å². The number of halogens is 5. The second-order valence-electron chi connectivity index (χ2n) is 3.59. The predicted octanol–water partition coefficient (Wildman–Crippen LogP) is 0.488. The third-order valence-corrected chi connectivity index (χ3v) is 2.51. The lowest BCUT2D eigenvalue weighted by atomic mass is 9.76. The summed E-state index contributed by atoms with van der Waals surface area (Å²) in [7, 11) is 0. The van der Waals surface area contributed by atoms with E-state index in [9.17, 15) is 41.4 Å². The number of Topliss-reactive ketones (excluding diaryl/α,β-unsaturated/α-hetero) is 2. The van der Waals surface area contributed by atoms with Crippen LogP contribution in [0.5, 0.6) is 0 Å². The van der Waals surface area contributed by atoms with Crippen molar-refractivity contribution in [2.45, 2.75) is 32.4 Å². The first-order chi connectivity index (χ1) is 7.84. The zero-order valence-corrected chi connectivity index (χ0v) is 9.23. The Bertz CT molecular complexity index is 387. The molecule has 0 saturated carbocycles. The fourth-order valence-electron chi connectivity index (χ4n) is 1.15. The van der Waals surface area contributed by atoms with Crippen LogP contribution in [0.25, 0.3) is 0 Å². The Balaban J connectivity index is 6.03. The zero-order chi connectivity index (χ0) is 14.9. The first-order valence-electron chi connectivity index (χ1n) is 4.57. The van der Waals surface area contributed by atoms with Crippen molar-refractivity contribution in [3.63, 3.8) is 0 Å². The minimum Gasteiger partial charge on any atom is -0.542 e. The molecule has 0 fully saturated rings. The molecule has 0 N–H and O–H groups in total. The van der Waals surface area contributed by atoms with Gasteiger partial charge in [-0.1, -0.05) is 6.92 Å². The maximum absolute atomic E-state index is 13.4. The topological polar surface area (TPSA) is 74.3 Å². The molecule has 1 atom stereocenters. The summed E-state index contributed by atoms with van der Waals surface area (Å²) in [6.07, 6.45) is -6.91. The largest absolute Gasteiger partial charge is 0.542 e. The quantitative estimate of drug-likeness (QED) is 0.540. The minimum atomic E-state index is -5.92. The molecule has 0 aromatic heterocycles. The van der Waals surface area contributed by atoms with Crippen LogP contribution in [0.4, 0.5) is 22.0 Å². The van der Waals surface area contributed by atoms with Gasteiger partial charge in [-0.15, -0.1) is 0 Å². The zero-order valence-electron chi connectivity index (χ0n) is 9.23. The molecule has 0 rings (SSSR count). The molecule has 0 aromatic carbocycles. The van der Waals surface area contributed by atoms with E-state index in [0.29, 0.717) is 0 Å². The number of carbonyl (C=O) groups is 3. The first kappa shape index (κ1) is 16.5. The molecule has 0 radical (unpaired) electrons. The van der Waals surface area contributed by atoms with Gasteiger partial charge in [0.25, 0.3) is 0 Å². The summed E-state index contributed by atoms with van der Waals surface area (Å²) >= 11 is 0. The van der Waals surface area contributed by atoms with Gasteiger partial charge in [0.05, 0.1) is 0 Å². The SMILES string of the molecule is CCC(=O)C(F)(F)C(C)(C(=O)C(=O)[O-])C(F)(F)F. The summed E-state index contributed by atoms with van der Waals surface area (Å²) in [4.78, 5) is 31.8. The molecule has 4 nitrogen and oxygen atoms in total. The lowest BCUT2D eigenvalue weighted by Gasteiger charge is -2.36. The molecule has 0 aliphatic carbocycles. The van der Waals surface area contributed by atoms with Crippen LogP contribution in [0.15, 0.2) is 0 Å². The van der Waals surface area contributed by atoms with Gasteiger partial charge in [-0.25, -0.2) is 0 Å². The molecular weight excluding hydrogens is 267 g/mol. The first-order valence-corrected chi connectivity index (χ1v) is 4.57. The summed E-state index contributed by atoms with van der Waals surface area (Å²) in [6, 6.07) is 0. The van der Waals surface area contributed by atoms with Crippen molar-refractivity contribution in [2.75, 3.05) is 0 Å². The molecule has 0 spiro atoms. The number of hydrogen-bond donors (Lipinski definition) is 0. The molecular formula is C9H8F5O4-. The van der Waals surface area contributed by atoms with E-state index in [1.807, 2.05) is 0 Å². The number of carbonyl (C=O) groups excluding carboxylic acids is 3. The number of carboxylic acids is 1. The van der Waals surface area contributed by atoms with Gasteiger partial charge in [0.15, 0.2) is 11.2 Å². The summed E-state index contributed by atoms with van der Waals surface area (Å²) in [5, 5.41) is 10.1. The predicted molar refractivity (Wildman–Crippen MR) is 44.4 cm³/mol. The number of alkyl halides is 5. The maximum atomic E-state index is 13.4. The van der Waals surface area contributed by atoms with Crippen molar-refractivity contribution < 1.29 is 41.4 Å². The molecule has 18 heavy (non-hydrogen) atoms. The van der Waals surface area contributed by atoms with Crippen LogP contribution < -0.4 is 5.11 Å². The van der Waals surface area contributed by atoms with E-state index >= 15 is 0 Å². The van der Waals surface area contributed by atoms with Gasteiger partial charge in [-0.05, 0) is 6.92 Å². The molecule has 0 aliphatic heterocycles. The Kier molecular flexibility index (Phi) is 4.22. The standard InChI is InChI=1S/C9H9F5O4/c1-3-4(15)8(10,11)7(2,9(12,13)14)5(16)6(17)18/h3H2,1-2H3,(H,17,18)/p-1. The molecule has 0 saturated heterocycles. The highest BCUT2D eigenvalue weighted by Crippen LogP contribution is 2.50. The van der Waals surface area contributed by atoms with Crippen LogP contribution >= 0.6 is 0 Å². The van der Waals surface area contributed by atoms with E-state index in [0.717, 1.165) is 6.92 Å². The molecule has 0 heterocycles. The van der Waals surface area contributed by atoms with Crippen molar-refractivity contribution >= 4 is 17.5 Å². The highest BCUT2D eigenvalue weighted by atomic mass is 19.4. The lowest BCUT2D eigenvalue weighted by Crippen LogP contribution is -2.62. The van der Waals surface area contributed by atoms with Crippen molar-refractivity contribution in [1.82, 2.24) is 0 Å². The van der Waals surface area contributed by atoms with Crippen molar-refractivity contribution in [2.24, 2.45) is 5.41 Å². The Morgan fingerprint density at radius 3 is 1.67 bits per heavy atom. The maximum Gasteiger partial charge on any atom is 0.407 e. The van der Waals surface area contributed by atoms with Crippen molar-refractivity contribution in [3.05, 3.63) is 0 Å². The van der Waals surface area contributed by atoms with Crippen LogP contribution in [0, 0.1) is 5.41 Å². The van der Waals surface area contributed by atoms with E-state index in [1.165, 1.54) is 0 Å². The highest BCUT2D eigenvalue weighted by molar-refractivity contribution is 6.35. The minimum absolute atomic E-state index is 0.335. The summed E-state index contributed by atoms with van der Waals surface area (Å²) in [5.74, 6) is -13.2. The Hall–Kier alpha value is -1.54. The van der Waals surface area contributed by atoms with E-state index in [2.05, 4.69) is 0 Å². The number of hydrogen-bond acceptors (Lipinski definition) is 4. The molecule has 0 aliphatic rings. The molecule has 0 aromatic rings. The number of carboxylic acid groups (broad SMARTS) is 1. The summed E-state index contributed by atoms with van der Waals surface area (Å²) in [5.41, 5.74) is -4.65. The van der Waals surface area contributed by atoms with Crippen LogP contribution in [0.2, 0.25) is 0 Å². The normalized spacial score (nSPS) is 15.9. The lowest BCUT2D eigenvalue weighted by molar-refractivity contribution is -0.312. The summed E-state index contributed by atoms with van der Waals surface area (Å²) < 4.78 is 64.5. The fourth-order valence-corrected chi connectivity index (χ4v) is 1.15. The van der Waals surface area contributed by atoms with E-state index in [-0.39, 0.29) is 6.92 Å². The van der Waals surface area contributed by atoms with Crippen LogP contribution in [-0.2, 0) is 14.4 Å². The number of ketones is 2. The fraction of sp³-hybridized carbons (Fsp3) is 0.667. The average molecular weight is 275 g/mol. The average Bonchev–Trinajstić information content (AvgIpc) is 2.23. The van der Waals surface area contributed by atoms with Gasteiger partial charge in [0, 0.05) is 6.42 Å². The second-order valence-corrected chi connectivity index (χ2v) is 3.59. The van der Waals surface area contributed by atoms with E-state index in [4.69, 9.17) is 0 Å². The van der Waals surface area contributed by atoms with E-state index in [1.54, 1.807) is 0 Å². The number of rotatable bonds is 5. The molecule has 0 bridgehead atoms. The Labute approximate surface area is 97.8 Å². The van der Waals surface area contributed by atoms with Gasteiger partial charge >= 0.3 is 12.1 Å². The smallest absolute Gasteiger partial charge is 0.407 e. The van der Waals surface area contributed by atoms with Crippen molar-refractivity contribution in [3.8, 4) is 0 Å². The summed E-state index contributed by atoms with van der Waals surface area (Å²) in [6.45, 7) is 0.523. The van der Waals surface area contributed by atoms with Crippen LogP contribution in [0.1, 0.15) is 20.3 Å². The van der Waals surface area contributed by atoms with Crippen molar-refractivity contribution in [1.29, 1.82) is 0 Å². The van der Waals surface area contributed by atoms with Crippen LogP contribution in [0.3, 0.4) is 0 Å². The molecule has 104 valence electrons. The molecule has 0 amide bonds.